The van der Waals surface area contributed by atoms with Crippen molar-refractivity contribution in [1.29, 1.82) is 0 Å². The van der Waals surface area contributed by atoms with Gasteiger partial charge in [0, 0.05) is 5.38 Å². The zero-order valence-electron chi connectivity index (χ0n) is 5.55. The van der Waals surface area contributed by atoms with Gasteiger partial charge in [-0.1, -0.05) is 6.92 Å². The first-order valence-corrected chi connectivity index (χ1v) is 3.97. The van der Waals surface area contributed by atoms with Crippen molar-refractivity contribution in [2.45, 2.75) is 19.8 Å². The molecule has 1 nitrogen and oxygen atoms in total. The minimum Gasteiger partial charge on any atom is -0.246 e. The van der Waals surface area contributed by atoms with Gasteiger partial charge in [-0.15, -0.1) is 11.3 Å². The lowest BCUT2D eigenvalue weighted by Crippen LogP contribution is -1.80. The Kier molecular flexibility index (Phi) is 2.22. The third-order valence-corrected chi connectivity index (χ3v) is 2.13. The predicted molar refractivity (Wildman–Crippen MR) is 40.6 cm³/mol. The number of hydrogen-bond acceptors (Lipinski definition) is 2. The molecule has 0 unspecified atom stereocenters. The molecule has 0 N–H and O–H groups in total. The van der Waals surface area contributed by atoms with Gasteiger partial charge in [0.15, 0.2) is 0 Å². The maximum atomic E-state index is 4.30. The van der Waals surface area contributed by atoms with E-state index in [9.17, 15) is 0 Å². The van der Waals surface area contributed by atoms with Crippen molar-refractivity contribution in [3.05, 3.63) is 23.0 Å². The molecule has 0 saturated heterocycles. The Hall–Kier alpha value is -0.370. The Morgan fingerprint density at radius 1 is 1.78 bits per heavy atom. The van der Waals surface area contributed by atoms with Crippen molar-refractivity contribution in [3.8, 4) is 0 Å². The molecule has 1 rings (SSSR count). The molecular formula is C7H10NS. The standard InChI is InChI=1S/C7H10NS/c1-3-6-5-9-7(4-2)8-6/h5H,2-4H2,1H3. The average molecular weight is 140 g/mol. The van der Waals surface area contributed by atoms with Gasteiger partial charge in [-0.2, -0.15) is 0 Å². The van der Waals surface area contributed by atoms with Crippen LogP contribution in [0.25, 0.3) is 0 Å². The van der Waals surface area contributed by atoms with Gasteiger partial charge in [-0.3, -0.25) is 0 Å². The van der Waals surface area contributed by atoms with Crippen LogP contribution in [0.5, 0.6) is 0 Å². The molecule has 1 aromatic rings. The van der Waals surface area contributed by atoms with E-state index < -0.39 is 0 Å². The lowest BCUT2D eigenvalue weighted by atomic mass is 10.4. The van der Waals surface area contributed by atoms with Crippen molar-refractivity contribution in [1.82, 2.24) is 4.98 Å². The number of hydrogen-bond donors (Lipinski definition) is 0. The second-order valence-corrected chi connectivity index (χ2v) is 2.78. The summed E-state index contributed by atoms with van der Waals surface area (Å²) in [4.78, 5) is 4.30. The fourth-order valence-electron chi connectivity index (χ4n) is 0.626. The van der Waals surface area contributed by atoms with Crippen LogP contribution < -0.4 is 0 Å². The first-order valence-electron chi connectivity index (χ1n) is 3.09. The smallest absolute Gasteiger partial charge is 0.0928 e. The molecule has 0 saturated carbocycles. The maximum Gasteiger partial charge on any atom is 0.0928 e. The molecule has 1 aromatic heterocycles. The van der Waals surface area contributed by atoms with Crippen LogP contribution in [0.4, 0.5) is 0 Å². The van der Waals surface area contributed by atoms with Crippen molar-refractivity contribution in [2.24, 2.45) is 0 Å². The second-order valence-electron chi connectivity index (χ2n) is 1.84. The third-order valence-electron chi connectivity index (χ3n) is 1.18. The molecule has 0 spiro atoms. The predicted octanol–water partition coefficient (Wildman–Crippen LogP) is 2.08. The number of thiazole rings is 1. The van der Waals surface area contributed by atoms with Crippen LogP contribution in [-0.2, 0) is 12.8 Å². The summed E-state index contributed by atoms with van der Waals surface area (Å²) >= 11 is 1.70. The van der Waals surface area contributed by atoms with Crippen molar-refractivity contribution in [3.63, 3.8) is 0 Å². The fourth-order valence-corrected chi connectivity index (χ4v) is 1.41. The largest absolute Gasteiger partial charge is 0.246 e. The molecule has 9 heavy (non-hydrogen) atoms. The molecule has 0 aliphatic carbocycles. The van der Waals surface area contributed by atoms with Crippen molar-refractivity contribution >= 4 is 11.3 Å². The lowest BCUT2D eigenvalue weighted by molar-refractivity contribution is 1.03. The summed E-state index contributed by atoms with van der Waals surface area (Å²) < 4.78 is 0. The lowest BCUT2D eigenvalue weighted by Gasteiger charge is -1.83. The highest BCUT2D eigenvalue weighted by Gasteiger charge is 1.94. The van der Waals surface area contributed by atoms with Crippen LogP contribution in [0.15, 0.2) is 5.38 Å². The van der Waals surface area contributed by atoms with E-state index in [0.29, 0.717) is 0 Å². The molecule has 0 fully saturated rings. The Morgan fingerprint density at radius 2 is 2.56 bits per heavy atom. The Labute approximate surface area is 59.8 Å². The van der Waals surface area contributed by atoms with Gasteiger partial charge in [-0.25, -0.2) is 4.98 Å². The van der Waals surface area contributed by atoms with Crippen LogP contribution in [0.1, 0.15) is 17.6 Å². The van der Waals surface area contributed by atoms with E-state index in [1.54, 1.807) is 11.3 Å². The first-order chi connectivity index (χ1) is 4.36. The van der Waals surface area contributed by atoms with E-state index >= 15 is 0 Å². The van der Waals surface area contributed by atoms with E-state index in [0.717, 1.165) is 17.8 Å². The Morgan fingerprint density at radius 3 is 2.89 bits per heavy atom. The quantitative estimate of drug-likeness (QED) is 0.613. The summed E-state index contributed by atoms with van der Waals surface area (Å²) in [6, 6.07) is 0. The Bertz CT molecular complexity index is 162. The molecule has 0 amide bonds. The summed E-state index contributed by atoms with van der Waals surface area (Å²) in [5.41, 5.74) is 1.19. The zero-order chi connectivity index (χ0) is 6.69. The molecular weight excluding hydrogens is 130 g/mol. The topological polar surface area (TPSA) is 12.9 Å². The fraction of sp³-hybridized carbons (Fsp3) is 0.429. The minimum atomic E-state index is 0.824. The minimum absolute atomic E-state index is 0.824. The van der Waals surface area contributed by atoms with Gasteiger partial charge in [0.05, 0.1) is 10.7 Å². The number of nitrogens with zero attached hydrogens (tertiary/aromatic N) is 1. The van der Waals surface area contributed by atoms with Crippen LogP contribution in [0.2, 0.25) is 0 Å². The highest BCUT2D eigenvalue weighted by atomic mass is 32.1. The highest BCUT2D eigenvalue weighted by Crippen LogP contribution is 2.09. The van der Waals surface area contributed by atoms with Gasteiger partial charge in [-0.05, 0) is 19.8 Å². The number of aromatic nitrogens is 1. The maximum absolute atomic E-state index is 4.30. The van der Waals surface area contributed by atoms with E-state index in [1.165, 1.54) is 5.69 Å². The van der Waals surface area contributed by atoms with Gasteiger partial charge in [0.1, 0.15) is 0 Å². The molecule has 49 valence electrons. The van der Waals surface area contributed by atoms with E-state index in [-0.39, 0.29) is 0 Å². The van der Waals surface area contributed by atoms with Gasteiger partial charge < -0.3 is 0 Å². The highest BCUT2D eigenvalue weighted by molar-refractivity contribution is 7.09. The summed E-state index contributed by atoms with van der Waals surface area (Å²) in [5, 5.41) is 3.24. The van der Waals surface area contributed by atoms with Gasteiger partial charge in [0.2, 0.25) is 0 Å². The summed E-state index contributed by atoms with van der Waals surface area (Å²) in [7, 11) is 0. The van der Waals surface area contributed by atoms with Crippen molar-refractivity contribution in [2.75, 3.05) is 0 Å². The number of rotatable bonds is 2. The summed E-state index contributed by atoms with van der Waals surface area (Å²) in [5.74, 6) is 0. The van der Waals surface area contributed by atoms with E-state index in [2.05, 4.69) is 24.2 Å². The van der Waals surface area contributed by atoms with Crippen LogP contribution in [0, 0.1) is 6.92 Å². The third kappa shape index (κ3) is 1.52. The van der Waals surface area contributed by atoms with Gasteiger partial charge >= 0.3 is 0 Å². The number of aryl methyl sites for hydroxylation is 1. The SMILES string of the molecule is [CH2]Cc1nc(CC)cs1. The molecule has 2 heteroatoms. The summed E-state index contributed by atoms with van der Waals surface area (Å²) in [6.45, 7) is 5.86. The van der Waals surface area contributed by atoms with Gasteiger partial charge in [0.25, 0.3) is 0 Å². The molecule has 0 aromatic carbocycles. The molecule has 0 bridgehead atoms. The average Bonchev–Trinajstić information content (AvgIpc) is 2.34. The van der Waals surface area contributed by atoms with Crippen LogP contribution >= 0.6 is 11.3 Å². The van der Waals surface area contributed by atoms with Crippen molar-refractivity contribution < 1.29 is 0 Å². The molecule has 0 aliphatic rings. The first kappa shape index (κ1) is 6.75. The monoisotopic (exact) mass is 140 g/mol. The van der Waals surface area contributed by atoms with Crippen LogP contribution in [-0.4, -0.2) is 4.98 Å². The Balaban J connectivity index is 2.74. The van der Waals surface area contributed by atoms with E-state index in [4.69, 9.17) is 0 Å². The normalized spacial score (nSPS) is 10.0. The van der Waals surface area contributed by atoms with E-state index in [1.807, 2.05) is 0 Å². The molecule has 0 atom stereocenters. The molecule has 0 aliphatic heterocycles. The molecule has 1 radical (unpaired) electrons. The second kappa shape index (κ2) is 2.97. The zero-order valence-corrected chi connectivity index (χ0v) is 6.37. The van der Waals surface area contributed by atoms with Crippen LogP contribution in [0.3, 0.4) is 0 Å². The summed E-state index contributed by atoms with van der Waals surface area (Å²) in [6.07, 6.45) is 1.86. The molecule has 1 heterocycles.